The molecule has 0 amide bonds. The fraction of sp³-hybridized carbons (Fsp3) is 0.800. The molecule has 0 unspecified atom stereocenters. The van der Waals surface area contributed by atoms with E-state index in [1.165, 1.54) is 37.9 Å². The molecule has 3 heteroatoms. The highest BCUT2D eigenvalue weighted by Gasteiger charge is 2.47. The van der Waals surface area contributed by atoms with Gasteiger partial charge in [0.2, 0.25) is 0 Å². The Morgan fingerprint density at radius 1 is 1.11 bits per heavy atom. The van der Waals surface area contributed by atoms with Crippen molar-refractivity contribution >= 4 is 11.3 Å². The van der Waals surface area contributed by atoms with E-state index in [0.717, 1.165) is 36.1 Å². The third kappa shape index (κ3) is 2.01. The van der Waals surface area contributed by atoms with Crippen LogP contribution in [-0.4, -0.2) is 11.5 Å². The zero-order valence-electron chi connectivity index (χ0n) is 10.8. The van der Waals surface area contributed by atoms with Crippen molar-refractivity contribution < 1.29 is 0 Å². The quantitative estimate of drug-likeness (QED) is 0.900. The summed E-state index contributed by atoms with van der Waals surface area (Å²) in [5, 5.41) is 5.82. The number of nitrogens with one attached hydrogen (secondary N) is 1. The minimum Gasteiger partial charge on any atom is -0.311 e. The van der Waals surface area contributed by atoms with E-state index < -0.39 is 0 Å². The van der Waals surface area contributed by atoms with Crippen LogP contribution in [0.15, 0.2) is 10.9 Å². The highest BCUT2D eigenvalue weighted by Crippen LogP contribution is 2.56. The summed E-state index contributed by atoms with van der Waals surface area (Å²) in [5.41, 5.74) is 3.14. The van der Waals surface area contributed by atoms with Crippen molar-refractivity contribution in [2.75, 3.05) is 6.54 Å². The van der Waals surface area contributed by atoms with Crippen LogP contribution in [0.25, 0.3) is 0 Å². The van der Waals surface area contributed by atoms with Crippen LogP contribution >= 0.6 is 11.3 Å². The summed E-state index contributed by atoms with van der Waals surface area (Å²) in [6, 6.07) is 0. The summed E-state index contributed by atoms with van der Waals surface area (Å²) < 4.78 is 0. The lowest BCUT2D eigenvalue weighted by Crippen LogP contribution is -2.48. The second-order valence-electron chi connectivity index (χ2n) is 6.71. The van der Waals surface area contributed by atoms with Gasteiger partial charge in [0.1, 0.15) is 0 Å². The molecule has 1 heterocycles. The van der Waals surface area contributed by atoms with Gasteiger partial charge in [-0.1, -0.05) is 0 Å². The lowest BCUT2D eigenvalue weighted by atomic mass is 9.52. The molecule has 0 atom stereocenters. The molecular weight excluding hydrogens is 240 g/mol. The van der Waals surface area contributed by atoms with Crippen LogP contribution < -0.4 is 5.32 Å². The molecule has 1 aromatic heterocycles. The molecule has 2 nitrogen and oxygen atoms in total. The molecule has 4 saturated carbocycles. The SMILES string of the molecule is c1nc(CNCC2C3CC4CC(C3)CC2C4)cs1. The first kappa shape index (κ1) is 11.4. The van der Waals surface area contributed by atoms with Crippen LogP contribution in [0.2, 0.25) is 0 Å². The summed E-state index contributed by atoms with van der Waals surface area (Å²) in [7, 11) is 0. The van der Waals surface area contributed by atoms with E-state index in [1.54, 1.807) is 17.8 Å². The standard InChI is InChI=1S/C15H22N2S/c1-10-2-12-4-11(1)5-13(3-10)15(12)7-16-6-14-8-18-9-17-14/h8-13,15-16H,1-7H2. The average molecular weight is 262 g/mol. The molecule has 5 rings (SSSR count). The number of nitrogens with zero attached hydrogens (tertiary/aromatic N) is 1. The molecule has 0 saturated heterocycles. The summed E-state index contributed by atoms with van der Waals surface area (Å²) in [4.78, 5) is 4.35. The van der Waals surface area contributed by atoms with E-state index in [-0.39, 0.29) is 0 Å². The maximum Gasteiger partial charge on any atom is 0.0795 e. The molecule has 0 aromatic carbocycles. The number of rotatable bonds is 4. The zero-order valence-corrected chi connectivity index (χ0v) is 11.7. The molecule has 98 valence electrons. The molecule has 0 aliphatic heterocycles. The van der Waals surface area contributed by atoms with E-state index in [9.17, 15) is 0 Å². The maximum absolute atomic E-state index is 4.35. The van der Waals surface area contributed by atoms with Gasteiger partial charge in [-0.05, 0) is 68.2 Å². The predicted octanol–water partition coefficient (Wildman–Crippen LogP) is 3.31. The monoisotopic (exact) mass is 262 g/mol. The van der Waals surface area contributed by atoms with Gasteiger partial charge in [0.05, 0.1) is 11.2 Å². The van der Waals surface area contributed by atoms with Crippen LogP contribution in [0, 0.1) is 29.6 Å². The third-order valence-corrected chi connectivity index (χ3v) is 6.23. The Balaban J connectivity index is 1.35. The highest BCUT2D eigenvalue weighted by molar-refractivity contribution is 7.07. The highest BCUT2D eigenvalue weighted by atomic mass is 32.1. The normalized spacial score (nSPS) is 41.4. The number of hydrogen-bond acceptors (Lipinski definition) is 3. The summed E-state index contributed by atoms with van der Waals surface area (Å²) >= 11 is 1.70. The van der Waals surface area contributed by atoms with Crippen molar-refractivity contribution in [2.45, 2.75) is 38.6 Å². The molecule has 4 fully saturated rings. The summed E-state index contributed by atoms with van der Waals surface area (Å²) in [5.74, 6) is 5.26. The molecular formula is C15H22N2S. The van der Waals surface area contributed by atoms with Gasteiger partial charge in [0.25, 0.3) is 0 Å². The molecule has 4 bridgehead atoms. The fourth-order valence-corrected chi connectivity index (χ4v) is 5.62. The molecule has 0 radical (unpaired) electrons. The third-order valence-electron chi connectivity index (χ3n) is 5.59. The van der Waals surface area contributed by atoms with E-state index in [2.05, 4.69) is 15.7 Å². The minimum atomic E-state index is 0.965. The van der Waals surface area contributed by atoms with Crippen molar-refractivity contribution in [1.82, 2.24) is 10.3 Å². The number of thiazole rings is 1. The first-order valence-corrected chi connectivity index (χ1v) is 8.40. The van der Waals surface area contributed by atoms with E-state index in [4.69, 9.17) is 0 Å². The predicted molar refractivity (Wildman–Crippen MR) is 74.4 cm³/mol. The Bertz CT molecular complexity index is 373. The molecule has 4 aliphatic rings. The summed E-state index contributed by atoms with van der Waals surface area (Å²) in [6.07, 6.45) is 7.71. The van der Waals surface area contributed by atoms with E-state index in [0.29, 0.717) is 0 Å². The van der Waals surface area contributed by atoms with Crippen molar-refractivity contribution in [1.29, 1.82) is 0 Å². The van der Waals surface area contributed by atoms with Gasteiger partial charge >= 0.3 is 0 Å². The lowest BCUT2D eigenvalue weighted by molar-refractivity contribution is -0.0355. The molecule has 1 N–H and O–H groups in total. The van der Waals surface area contributed by atoms with Crippen molar-refractivity contribution in [3.63, 3.8) is 0 Å². The molecule has 4 aliphatic carbocycles. The van der Waals surface area contributed by atoms with Gasteiger partial charge < -0.3 is 5.32 Å². The second-order valence-corrected chi connectivity index (χ2v) is 7.42. The second kappa shape index (κ2) is 4.61. The van der Waals surface area contributed by atoms with Crippen molar-refractivity contribution in [2.24, 2.45) is 29.6 Å². The largest absolute Gasteiger partial charge is 0.311 e. The van der Waals surface area contributed by atoms with Crippen LogP contribution in [0.1, 0.15) is 37.8 Å². The van der Waals surface area contributed by atoms with Crippen LogP contribution in [0.4, 0.5) is 0 Å². The van der Waals surface area contributed by atoms with Gasteiger partial charge in [-0.25, -0.2) is 4.98 Å². The average Bonchev–Trinajstić information content (AvgIpc) is 2.85. The smallest absolute Gasteiger partial charge is 0.0795 e. The lowest BCUT2D eigenvalue weighted by Gasteiger charge is -2.54. The fourth-order valence-electron chi connectivity index (χ4n) is 5.06. The van der Waals surface area contributed by atoms with E-state index in [1.807, 2.05) is 5.51 Å². The Kier molecular flexibility index (Phi) is 2.92. The van der Waals surface area contributed by atoms with Gasteiger partial charge in [-0.2, -0.15) is 0 Å². The molecule has 1 aromatic rings. The Morgan fingerprint density at radius 3 is 2.44 bits per heavy atom. The zero-order chi connectivity index (χ0) is 11.9. The Labute approximate surface area is 113 Å². The van der Waals surface area contributed by atoms with Crippen molar-refractivity contribution in [3.05, 3.63) is 16.6 Å². The van der Waals surface area contributed by atoms with Crippen LogP contribution in [-0.2, 0) is 6.54 Å². The molecule has 18 heavy (non-hydrogen) atoms. The first-order valence-electron chi connectivity index (χ1n) is 7.46. The Morgan fingerprint density at radius 2 is 1.83 bits per heavy atom. The first-order chi connectivity index (χ1) is 8.88. The number of aromatic nitrogens is 1. The minimum absolute atomic E-state index is 0.965. The van der Waals surface area contributed by atoms with Crippen LogP contribution in [0.3, 0.4) is 0 Å². The van der Waals surface area contributed by atoms with Gasteiger partial charge in [0.15, 0.2) is 0 Å². The topological polar surface area (TPSA) is 24.9 Å². The Hall–Kier alpha value is -0.410. The van der Waals surface area contributed by atoms with Crippen molar-refractivity contribution in [3.8, 4) is 0 Å². The summed E-state index contributed by atoms with van der Waals surface area (Å²) in [6.45, 7) is 2.19. The molecule has 0 spiro atoms. The van der Waals surface area contributed by atoms with Crippen LogP contribution in [0.5, 0.6) is 0 Å². The number of hydrogen-bond donors (Lipinski definition) is 1. The van der Waals surface area contributed by atoms with Gasteiger partial charge in [-0.3, -0.25) is 0 Å². The van der Waals surface area contributed by atoms with Gasteiger partial charge in [0, 0.05) is 11.9 Å². The maximum atomic E-state index is 4.35. The van der Waals surface area contributed by atoms with Gasteiger partial charge in [-0.15, -0.1) is 11.3 Å². The van der Waals surface area contributed by atoms with E-state index >= 15 is 0 Å².